The van der Waals surface area contributed by atoms with E-state index in [2.05, 4.69) is 0 Å². The van der Waals surface area contributed by atoms with Crippen molar-refractivity contribution in [3.8, 4) is 0 Å². The van der Waals surface area contributed by atoms with Crippen molar-refractivity contribution in [2.24, 2.45) is 0 Å². The summed E-state index contributed by atoms with van der Waals surface area (Å²) in [4.78, 5) is 20.0. The molecule has 0 unspecified atom stereocenters. The van der Waals surface area contributed by atoms with Gasteiger partial charge in [-0.1, -0.05) is 0 Å². The molecule has 0 atom stereocenters. The fourth-order valence-corrected chi connectivity index (χ4v) is 1.55. The first-order chi connectivity index (χ1) is 5.13. The molecule has 0 saturated heterocycles. The van der Waals surface area contributed by atoms with E-state index in [1.807, 2.05) is 0 Å². The van der Waals surface area contributed by atoms with Crippen molar-refractivity contribution in [1.82, 2.24) is 0 Å². The number of rotatable bonds is 6. The number of carboxylic acids is 2. The number of carbonyl (C=O) groups is 2. The molecular weight excluding hydrogens is 167 g/mol. The first kappa shape index (κ1) is 10.4. The Morgan fingerprint density at radius 1 is 1.00 bits per heavy atom. The second-order valence-corrected chi connectivity index (χ2v) is 3.54. The molecule has 0 aromatic carbocycles. The smallest absolute Gasteiger partial charge is 0.303 e. The molecule has 0 spiro atoms. The molecule has 11 heavy (non-hydrogen) atoms. The zero-order valence-electron chi connectivity index (χ0n) is 6.04. The van der Waals surface area contributed by atoms with Gasteiger partial charge < -0.3 is 10.2 Å². The summed E-state index contributed by atoms with van der Waals surface area (Å²) in [6.07, 6.45) is 1.50. The molecule has 0 aliphatic rings. The Kier molecular flexibility index (Phi) is 5.75. The zero-order valence-corrected chi connectivity index (χ0v) is 7.04. The Hall–Kier alpha value is -0.630. The van der Waals surface area contributed by atoms with E-state index in [9.17, 15) is 9.59 Å². The van der Waals surface area contributed by atoms with Crippen molar-refractivity contribution < 1.29 is 19.8 Å². The molecular formula is C6H11O4P. The van der Waals surface area contributed by atoms with Crippen molar-refractivity contribution in [1.29, 1.82) is 0 Å². The van der Waals surface area contributed by atoms with Gasteiger partial charge in [-0.05, 0) is 12.3 Å². The van der Waals surface area contributed by atoms with Gasteiger partial charge in [-0.2, -0.15) is 0 Å². The largest absolute Gasteiger partial charge is 0.481 e. The lowest BCUT2D eigenvalue weighted by Crippen LogP contribution is -1.98. The zero-order chi connectivity index (χ0) is 8.69. The third-order valence-electron chi connectivity index (χ3n) is 1.03. The Bertz CT molecular complexity index is 130. The van der Waals surface area contributed by atoms with Crippen LogP contribution in [0.15, 0.2) is 0 Å². The SMILES string of the molecule is O=C(O)CCPCCC(=O)O. The van der Waals surface area contributed by atoms with E-state index in [1.54, 1.807) is 0 Å². The van der Waals surface area contributed by atoms with Gasteiger partial charge in [0.1, 0.15) is 0 Å². The minimum atomic E-state index is -0.812. The van der Waals surface area contributed by atoms with Crippen molar-refractivity contribution in [3.63, 3.8) is 0 Å². The van der Waals surface area contributed by atoms with Crippen molar-refractivity contribution in [2.45, 2.75) is 12.8 Å². The quantitative estimate of drug-likeness (QED) is 0.461. The van der Waals surface area contributed by atoms with Crippen molar-refractivity contribution >= 4 is 20.5 Å². The van der Waals surface area contributed by atoms with Crippen LogP contribution in [0.4, 0.5) is 0 Å². The van der Waals surface area contributed by atoms with Gasteiger partial charge in [-0.3, -0.25) is 9.59 Å². The summed E-state index contributed by atoms with van der Waals surface area (Å²) < 4.78 is 0. The molecule has 5 heteroatoms. The Labute approximate surface area is 66.4 Å². The fraction of sp³-hybridized carbons (Fsp3) is 0.667. The molecule has 0 amide bonds. The van der Waals surface area contributed by atoms with Crippen LogP contribution in [0.5, 0.6) is 0 Å². The summed E-state index contributed by atoms with van der Waals surface area (Å²) >= 11 is 0. The van der Waals surface area contributed by atoms with E-state index in [0.717, 1.165) is 0 Å². The summed E-state index contributed by atoms with van der Waals surface area (Å²) in [7, 11) is 0.456. The van der Waals surface area contributed by atoms with Crippen LogP contribution in [0, 0.1) is 0 Å². The molecule has 64 valence electrons. The average molecular weight is 178 g/mol. The molecule has 4 nitrogen and oxygen atoms in total. The van der Waals surface area contributed by atoms with E-state index in [1.165, 1.54) is 0 Å². The molecule has 0 aromatic rings. The van der Waals surface area contributed by atoms with Gasteiger partial charge in [0, 0.05) is 12.8 Å². The molecule has 0 saturated carbocycles. The normalized spacial score (nSPS) is 9.45. The Morgan fingerprint density at radius 2 is 1.36 bits per heavy atom. The van der Waals surface area contributed by atoms with E-state index < -0.39 is 11.9 Å². The van der Waals surface area contributed by atoms with Crippen LogP contribution in [0.2, 0.25) is 0 Å². The van der Waals surface area contributed by atoms with Gasteiger partial charge in [0.15, 0.2) is 0 Å². The van der Waals surface area contributed by atoms with Crippen LogP contribution in [-0.4, -0.2) is 34.5 Å². The molecule has 0 aliphatic heterocycles. The van der Waals surface area contributed by atoms with Crippen LogP contribution >= 0.6 is 8.58 Å². The maximum absolute atomic E-state index is 9.98. The highest BCUT2D eigenvalue weighted by Gasteiger charge is 1.98. The lowest BCUT2D eigenvalue weighted by molar-refractivity contribution is -0.137. The standard InChI is InChI=1S/C6H11O4P/c7-5(8)1-3-11-4-2-6(9)10/h11H,1-4H2,(H,7,8)(H,9,10). The summed E-state index contributed by atoms with van der Waals surface area (Å²) in [5.41, 5.74) is 0. The van der Waals surface area contributed by atoms with Crippen LogP contribution in [0.3, 0.4) is 0 Å². The Morgan fingerprint density at radius 3 is 1.64 bits per heavy atom. The van der Waals surface area contributed by atoms with Crippen LogP contribution in [0.25, 0.3) is 0 Å². The van der Waals surface area contributed by atoms with Crippen LogP contribution in [-0.2, 0) is 9.59 Å². The third-order valence-corrected chi connectivity index (χ3v) is 2.24. The van der Waals surface area contributed by atoms with Crippen LogP contribution < -0.4 is 0 Å². The molecule has 0 radical (unpaired) electrons. The van der Waals surface area contributed by atoms with E-state index in [4.69, 9.17) is 10.2 Å². The van der Waals surface area contributed by atoms with Crippen molar-refractivity contribution in [3.05, 3.63) is 0 Å². The summed E-state index contributed by atoms with van der Waals surface area (Å²) in [6, 6.07) is 0. The maximum atomic E-state index is 9.98. The summed E-state index contributed by atoms with van der Waals surface area (Å²) in [5, 5.41) is 16.4. The molecule has 0 rings (SSSR count). The van der Waals surface area contributed by atoms with Gasteiger partial charge in [-0.15, -0.1) is 8.58 Å². The number of carboxylic acid groups (broad SMARTS) is 2. The van der Waals surface area contributed by atoms with Gasteiger partial charge in [-0.25, -0.2) is 0 Å². The summed E-state index contributed by atoms with van der Waals surface area (Å²) in [5.74, 6) is -1.62. The lowest BCUT2D eigenvalue weighted by atomic mass is 10.5. The van der Waals surface area contributed by atoms with E-state index >= 15 is 0 Å². The molecule has 0 heterocycles. The highest BCUT2D eigenvalue weighted by molar-refractivity contribution is 7.38. The van der Waals surface area contributed by atoms with Gasteiger partial charge >= 0.3 is 11.9 Å². The first-order valence-corrected chi connectivity index (χ1v) is 4.68. The molecule has 0 fully saturated rings. The molecule has 0 bridgehead atoms. The minimum Gasteiger partial charge on any atom is -0.481 e. The van der Waals surface area contributed by atoms with E-state index in [0.29, 0.717) is 20.9 Å². The number of hydrogen-bond acceptors (Lipinski definition) is 2. The third kappa shape index (κ3) is 9.37. The molecule has 2 N–H and O–H groups in total. The fourth-order valence-electron chi connectivity index (χ4n) is 0.516. The minimum absolute atomic E-state index is 0.151. The average Bonchev–Trinajstić information content (AvgIpc) is 1.85. The predicted octanol–water partition coefficient (Wildman–Crippen LogP) is 0.614. The van der Waals surface area contributed by atoms with Gasteiger partial charge in [0.05, 0.1) is 0 Å². The number of hydrogen-bond donors (Lipinski definition) is 2. The van der Waals surface area contributed by atoms with Crippen LogP contribution in [0.1, 0.15) is 12.8 Å². The lowest BCUT2D eigenvalue weighted by Gasteiger charge is -1.95. The van der Waals surface area contributed by atoms with E-state index in [-0.39, 0.29) is 12.8 Å². The highest BCUT2D eigenvalue weighted by atomic mass is 31.1. The van der Waals surface area contributed by atoms with Gasteiger partial charge in [0.25, 0.3) is 0 Å². The highest BCUT2D eigenvalue weighted by Crippen LogP contribution is 2.12. The second-order valence-electron chi connectivity index (χ2n) is 2.04. The monoisotopic (exact) mass is 178 g/mol. The van der Waals surface area contributed by atoms with Crippen molar-refractivity contribution in [2.75, 3.05) is 12.3 Å². The number of aliphatic carboxylic acids is 2. The summed E-state index contributed by atoms with van der Waals surface area (Å²) in [6.45, 7) is 0. The Balaban J connectivity index is 3.03. The first-order valence-electron chi connectivity index (χ1n) is 3.27. The topological polar surface area (TPSA) is 74.6 Å². The second kappa shape index (κ2) is 6.10. The van der Waals surface area contributed by atoms with Gasteiger partial charge in [0.2, 0.25) is 0 Å². The maximum Gasteiger partial charge on any atom is 0.303 e. The molecule has 0 aromatic heterocycles. The molecule has 0 aliphatic carbocycles. The predicted molar refractivity (Wildman–Crippen MR) is 42.6 cm³/mol.